The van der Waals surface area contributed by atoms with Gasteiger partial charge < -0.3 is 11.1 Å². The number of nitrogens with two attached hydrogens (primary N) is 1. The third-order valence-electron chi connectivity index (χ3n) is 3.30. The molecule has 2 rings (SSSR count). The number of rotatable bonds is 3. The number of hydrogen-bond donors (Lipinski definition) is 2. The number of hydrogen-bond acceptors (Lipinski definition) is 2. The van der Waals surface area contributed by atoms with Crippen molar-refractivity contribution in [2.45, 2.75) is 31.7 Å². The van der Waals surface area contributed by atoms with Gasteiger partial charge in [0, 0.05) is 18.3 Å². The molecule has 3 unspecified atom stereocenters. The molecule has 0 aromatic rings. The zero-order chi connectivity index (χ0) is 9.26. The molecule has 72 valence electrons. The van der Waals surface area contributed by atoms with Crippen LogP contribution in [0.25, 0.3) is 0 Å². The van der Waals surface area contributed by atoms with Crippen LogP contribution in [-0.2, 0) is 4.79 Å². The van der Waals surface area contributed by atoms with Crippen LogP contribution in [0.2, 0.25) is 0 Å². The quantitative estimate of drug-likeness (QED) is 0.630. The van der Waals surface area contributed by atoms with E-state index in [4.69, 9.17) is 5.73 Å². The van der Waals surface area contributed by atoms with Gasteiger partial charge in [-0.1, -0.05) is 6.42 Å². The Balaban J connectivity index is 1.80. The summed E-state index contributed by atoms with van der Waals surface area (Å²) < 4.78 is 0. The summed E-state index contributed by atoms with van der Waals surface area (Å²) >= 11 is 0. The van der Waals surface area contributed by atoms with E-state index in [0.717, 1.165) is 11.8 Å². The topological polar surface area (TPSA) is 55.1 Å². The molecule has 13 heavy (non-hydrogen) atoms. The maximum atomic E-state index is 10.4. The van der Waals surface area contributed by atoms with Crippen LogP contribution in [0.15, 0.2) is 12.3 Å². The third-order valence-corrected chi connectivity index (χ3v) is 3.30. The normalized spacial score (nSPS) is 37.1. The molecule has 2 bridgehead atoms. The summed E-state index contributed by atoms with van der Waals surface area (Å²) in [6, 6.07) is 0.592. The van der Waals surface area contributed by atoms with Gasteiger partial charge in [0.05, 0.1) is 0 Å². The summed E-state index contributed by atoms with van der Waals surface area (Å²) in [5.41, 5.74) is 4.99. The molecule has 0 aromatic heterocycles. The molecule has 0 aromatic carbocycles. The van der Waals surface area contributed by atoms with Gasteiger partial charge in [-0.2, -0.15) is 0 Å². The fourth-order valence-electron chi connectivity index (χ4n) is 2.70. The molecule has 2 aliphatic carbocycles. The zero-order valence-corrected chi connectivity index (χ0v) is 7.70. The molecule has 3 heteroatoms. The van der Waals surface area contributed by atoms with Crippen LogP contribution in [0.5, 0.6) is 0 Å². The van der Waals surface area contributed by atoms with Crippen molar-refractivity contribution < 1.29 is 4.79 Å². The van der Waals surface area contributed by atoms with E-state index in [9.17, 15) is 4.79 Å². The van der Waals surface area contributed by atoms with Gasteiger partial charge in [-0.05, 0) is 31.1 Å². The van der Waals surface area contributed by atoms with E-state index >= 15 is 0 Å². The SMILES string of the molecule is NC(=O)C=CNC1CC2CCC1C2. The zero-order valence-electron chi connectivity index (χ0n) is 7.70. The van der Waals surface area contributed by atoms with Crippen molar-refractivity contribution in [2.75, 3.05) is 0 Å². The highest BCUT2D eigenvalue weighted by Crippen LogP contribution is 2.44. The van der Waals surface area contributed by atoms with Gasteiger partial charge in [0.15, 0.2) is 0 Å². The molecule has 0 aliphatic heterocycles. The molecule has 2 saturated carbocycles. The maximum absolute atomic E-state index is 10.4. The van der Waals surface area contributed by atoms with Crippen molar-refractivity contribution in [3.05, 3.63) is 12.3 Å². The van der Waals surface area contributed by atoms with Gasteiger partial charge in [-0.15, -0.1) is 0 Å². The van der Waals surface area contributed by atoms with Gasteiger partial charge in [0.25, 0.3) is 0 Å². The lowest BCUT2D eigenvalue weighted by molar-refractivity contribution is -0.113. The Labute approximate surface area is 78.4 Å². The van der Waals surface area contributed by atoms with Crippen LogP contribution in [-0.4, -0.2) is 11.9 Å². The molecule has 0 spiro atoms. The van der Waals surface area contributed by atoms with E-state index in [-0.39, 0.29) is 5.91 Å². The molecule has 0 radical (unpaired) electrons. The Hall–Kier alpha value is -0.990. The molecule has 3 atom stereocenters. The lowest BCUT2D eigenvalue weighted by Gasteiger charge is -2.21. The van der Waals surface area contributed by atoms with Crippen LogP contribution < -0.4 is 11.1 Å². The Morgan fingerprint density at radius 3 is 2.77 bits per heavy atom. The predicted octanol–water partition coefficient (Wildman–Crippen LogP) is 0.764. The van der Waals surface area contributed by atoms with E-state index in [1.54, 1.807) is 6.20 Å². The minimum Gasteiger partial charge on any atom is -0.388 e. The standard InChI is InChI=1S/C10H16N2O/c11-10(13)3-4-12-9-6-7-1-2-8(9)5-7/h3-4,7-9,12H,1-2,5-6H2,(H2,11,13). The van der Waals surface area contributed by atoms with E-state index in [1.807, 2.05) is 0 Å². The molecular formula is C10H16N2O. The number of amides is 1. The summed E-state index contributed by atoms with van der Waals surface area (Å²) in [4.78, 5) is 10.4. The summed E-state index contributed by atoms with van der Waals surface area (Å²) in [5.74, 6) is 1.39. The van der Waals surface area contributed by atoms with Crippen molar-refractivity contribution in [1.29, 1.82) is 0 Å². The fraction of sp³-hybridized carbons (Fsp3) is 0.700. The number of carbonyl (C=O) groups excluding carboxylic acids is 1. The van der Waals surface area contributed by atoms with Crippen LogP contribution in [0.3, 0.4) is 0 Å². The molecule has 2 fully saturated rings. The molecule has 3 N–H and O–H groups in total. The third kappa shape index (κ3) is 1.85. The molecular weight excluding hydrogens is 164 g/mol. The lowest BCUT2D eigenvalue weighted by Crippen LogP contribution is -2.30. The first-order chi connectivity index (χ1) is 6.25. The molecule has 0 heterocycles. The number of nitrogens with one attached hydrogen (secondary N) is 1. The fourth-order valence-corrected chi connectivity index (χ4v) is 2.70. The second kappa shape index (κ2) is 3.40. The highest BCUT2D eigenvalue weighted by molar-refractivity contribution is 5.85. The molecule has 2 aliphatic rings. The van der Waals surface area contributed by atoms with Gasteiger partial charge in [-0.25, -0.2) is 0 Å². The Bertz CT molecular complexity index is 237. The maximum Gasteiger partial charge on any atom is 0.242 e. The first-order valence-electron chi connectivity index (χ1n) is 4.97. The van der Waals surface area contributed by atoms with Crippen molar-refractivity contribution >= 4 is 5.91 Å². The lowest BCUT2D eigenvalue weighted by atomic mass is 9.96. The predicted molar refractivity (Wildman–Crippen MR) is 50.7 cm³/mol. The van der Waals surface area contributed by atoms with Crippen LogP contribution in [0, 0.1) is 11.8 Å². The summed E-state index contributed by atoms with van der Waals surface area (Å²) in [5, 5.41) is 3.26. The molecule has 3 nitrogen and oxygen atoms in total. The Morgan fingerprint density at radius 1 is 1.38 bits per heavy atom. The summed E-state index contributed by atoms with van der Waals surface area (Å²) in [6.45, 7) is 0. The van der Waals surface area contributed by atoms with E-state index in [0.29, 0.717) is 6.04 Å². The van der Waals surface area contributed by atoms with E-state index in [2.05, 4.69) is 5.32 Å². The number of carbonyl (C=O) groups is 1. The van der Waals surface area contributed by atoms with Crippen LogP contribution >= 0.6 is 0 Å². The first kappa shape index (κ1) is 8.60. The Morgan fingerprint density at radius 2 is 2.23 bits per heavy atom. The second-order valence-corrected chi connectivity index (χ2v) is 4.18. The molecule has 0 saturated heterocycles. The summed E-state index contributed by atoms with van der Waals surface area (Å²) in [7, 11) is 0. The molecule has 1 amide bonds. The monoisotopic (exact) mass is 180 g/mol. The average Bonchev–Trinajstić information content (AvgIpc) is 2.64. The Kier molecular flexibility index (Phi) is 2.25. The van der Waals surface area contributed by atoms with Gasteiger partial charge >= 0.3 is 0 Å². The van der Waals surface area contributed by atoms with E-state index in [1.165, 1.54) is 31.8 Å². The van der Waals surface area contributed by atoms with E-state index < -0.39 is 0 Å². The smallest absolute Gasteiger partial charge is 0.242 e. The van der Waals surface area contributed by atoms with Crippen LogP contribution in [0.4, 0.5) is 0 Å². The van der Waals surface area contributed by atoms with Crippen molar-refractivity contribution in [2.24, 2.45) is 17.6 Å². The van der Waals surface area contributed by atoms with Crippen molar-refractivity contribution in [1.82, 2.24) is 5.32 Å². The highest BCUT2D eigenvalue weighted by atomic mass is 16.1. The highest BCUT2D eigenvalue weighted by Gasteiger charge is 2.38. The summed E-state index contributed by atoms with van der Waals surface area (Å²) in [6.07, 6.45) is 8.50. The van der Waals surface area contributed by atoms with Crippen molar-refractivity contribution in [3.63, 3.8) is 0 Å². The minimum atomic E-state index is -0.379. The van der Waals surface area contributed by atoms with Gasteiger partial charge in [-0.3, -0.25) is 4.79 Å². The first-order valence-corrected chi connectivity index (χ1v) is 4.97. The minimum absolute atomic E-state index is 0.379. The van der Waals surface area contributed by atoms with Gasteiger partial charge in [0.1, 0.15) is 0 Å². The van der Waals surface area contributed by atoms with Gasteiger partial charge in [0.2, 0.25) is 5.91 Å². The number of primary amides is 1. The van der Waals surface area contributed by atoms with Crippen LogP contribution in [0.1, 0.15) is 25.7 Å². The largest absolute Gasteiger partial charge is 0.388 e. The average molecular weight is 180 g/mol. The van der Waals surface area contributed by atoms with Crippen molar-refractivity contribution in [3.8, 4) is 0 Å². The number of fused-ring (bicyclic) bond motifs is 2. The second-order valence-electron chi connectivity index (χ2n) is 4.18.